The Morgan fingerprint density at radius 3 is 2.52 bits per heavy atom. The van der Waals surface area contributed by atoms with Gasteiger partial charge in [0.15, 0.2) is 5.71 Å². The first-order valence-corrected chi connectivity index (χ1v) is 9.92. The van der Waals surface area contributed by atoms with Gasteiger partial charge >= 0.3 is 11.9 Å². The lowest BCUT2D eigenvalue weighted by atomic mass is 10.0. The van der Waals surface area contributed by atoms with Gasteiger partial charge in [0.25, 0.3) is 0 Å². The van der Waals surface area contributed by atoms with Crippen LogP contribution >= 0.6 is 0 Å². The normalized spacial score (nSPS) is 14.4. The van der Waals surface area contributed by atoms with Crippen LogP contribution < -0.4 is 15.2 Å². The highest BCUT2D eigenvalue weighted by molar-refractivity contribution is 6.71. The summed E-state index contributed by atoms with van der Waals surface area (Å²) in [7, 11) is 1.56. The van der Waals surface area contributed by atoms with Crippen LogP contribution in [0.15, 0.2) is 76.9 Å². The largest absolute Gasteiger partial charge is 0.505 e. The number of aromatic carboxylic acids is 1. The molecular formula is C24H20N4O5. The Hall–Kier alpha value is -4.66. The van der Waals surface area contributed by atoms with Crippen LogP contribution in [0.2, 0.25) is 0 Å². The van der Waals surface area contributed by atoms with Crippen LogP contribution in [-0.4, -0.2) is 40.6 Å². The number of carboxylic acid groups (broad SMARTS) is 1. The molecule has 166 valence electrons. The number of nitrogens with one attached hydrogen (secondary N) is 1. The predicted molar refractivity (Wildman–Crippen MR) is 125 cm³/mol. The van der Waals surface area contributed by atoms with Gasteiger partial charge in [-0.1, -0.05) is 24.3 Å². The molecule has 1 heterocycles. The second-order valence-corrected chi connectivity index (χ2v) is 7.16. The molecule has 0 bridgehead atoms. The lowest BCUT2D eigenvalue weighted by molar-refractivity contribution is -0.112. The maximum Gasteiger partial charge on any atom is 0.335 e. The van der Waals surface area contributed by atoms with Gasteiger partial charge in [-0.05, 0) is 55.0 Å². The van der Waals surface area contributed by atoms with E-state index in [-0.39, 0.29) is 22.7 Å². The van der Waals surface area contributed by atoms with Gasteiger partial charge in [-0.15, -0.1) is 0 Å². The molecule has 1 aliphatic heterocycles. The van der Waals surface area contributed by atoms with E-state index in [1.807, 2.05) is 0 Å². The summed E-state index contributed by atoms with van der Waals surface area (Å²) in [5, 5.41) is 29.6. The summed E-state index contributed by atoms with van der Waals surface area (Å²) in [6.07, 6.45) is 0. The summed E-state index contributed by atoms with van der Waals surface area (Å²) in [6.45, 7) is 1.66. The summed E-state index contributed by atoms with van der Waals surface area (Å²) in [5.41, 5.74) is 5.11. The summed E-state index contributed by atoms with van der Waals surface area (Å²) in [5.74, 6) is -0.953. The van der Waals surface area contributed by atoms with E-state index in [1.165, 1.54) is 17.1 Å². The fourth-order valence-corrected chi connectivity index (χ4v) is 3.33. The molecule has 0 spiro atoms. The number of hydrazone groups is 2. The Balaban J connectivity index is 1.59. The Morgan fingerprint density at radius 2 is 1.82 bits per heavy atom. The van der Waals surface area contributed by atoms with Crippen molar-refractivity contribution in [3.63, 3.8) is 0 Å². The second kappa shape index (κ2) is 8.83. The number of carboxylic acids is 1. The van der Waals surface area contributed by atoms with Crippen LogP contribution in [0, 0.1) is 0 Å². The quantitative estimate of drug-likeness (QED) is 0.391. The number of anilines is 2. The zero-order valence-corrected chi connectivity index (χ0v) is 17.8. The van der Waals surface area contributed by atoms with Crippen LogP contribution in [0.4, 0.5) is 11.4 Å². The van der Waals surface area contributed by atoms with E-state index in [0.29, 0.717) is 28.3 Å². The number of benzene rings is 3. The number of amides is 1. The first-order valence-electron chi connectivity index (χ1n) is 9.92. The van der Waals surface area contributed by atoms with Gasteiger partial charge in [0.05, 0.1) is 29.8 Å². The van der Waals surface area contributed by atoms with Crippen molar-refractivity contribution in [2.75, 3.05) is 17.5 Å². The lowest BCUT2D eigenvalue weighted by Crippen LogP contribution is -2.27. The van der Waals surface area contributed by atoms with Crippen LogP contribution in [0.25, 0.3) is 11.1 Å². The van der Waals surface area contributed by atoms with Crippen molar-refractivity contribution < 1.29 is 24.5 Å². The highest BCUT2D eigenvalue weighted by Crippen LogP contribution is 2.36. The third-order valence-corrected chi connectivity index (χ3v) is 5.05. The van der Waals surface area contributed by atoms with Crippen LogP contribution in [0.1, 0.15) is 17.3 Å². The topological polar surface area (TPSA) is 124 Å². The number of phenolic OH excluding ortho intramolecular Hbond substituents is 1. The molecular weight excluding hydrogens is 424 g/mol. The van der Waals surface area contributed by atoms with Crippen LogP contribution in [0.3, 0.4) is 0 Å². The van der Waals surface area contributed by atoms with E-state index in [0.717, 1.165) is 0 Å². The highest BCUT2D eigenvalue weighted by Gasteiger charge is 2.31. The fraction of sp³-hybridized carbons (Fsp3) is 0.0833. The fourth-order valence-electron chi connectivity index (χ4n) is 3.33. The Bertz CT molecular complexity index is 1300. The molecule has 1 amide bonds. The van der Waals surface area contributed by atoms with Gasteiger partial charge in [0, 0.05) is 5.56 Å². The van der Waals surface area contributed by atoms with Gasteiger partial charge in [0.2, 0.25) is 0 Å². The minimum Gasteiger partial charge on any atom is -0.505 e. The SMILES string of the molecule is COc1ccc(N2N=C(C)C(=NNc3cccc(-c4cccc(C(=O)O)c4)c3O)C2=O)cc1. The number of methoxy groups -OCH3 is 1. The number of phenols is 1. The monoisotopic (exact) mass is 444 g/mol. The molecule has 0 saturated heterocycles. The molecule has 0 radical (unpaired) electrons. The zero-order chi connectivity index (χ0) is 23.5. The highest BCUT2D eigenvalue weighted by atomic mass is 16.5. The number of aromatic hydroxyl groups is 1. The molecule has 0 saturated carbocycles. The van der Waals surface area contributed by atoms with Crippen LogP contribution in [0.5, 0.6) is 11.5 Å². The maximum atomic E-state index is 12.9. The van der Waals surface area contributed by atoms with Gasteiger partial charge in [-0.25, -0.2) is 4.79 Å². The van der Waals surface area contributed by atoms with Crippen molar-refractivity contribution >= 4 is 34.7 Å². The van der Waals surface area contributed by atoms with Crippen molar-refractivity contribution in [3.8, 4) is 22.6 Å². The molecule has 3 aromatic carbocycles. The molecule has 33 heavy (non-hydrogen) atoms. The van der Waals surface area contributed by atoms with E-state index in [4.69, 9.17) is 4.74 Å². The minimum atomic E-state index is -1.06. The number of para-hydroxylation sites is 1. The number of carbonyl (C=O) groups is 2. The summed E-state index contributed by atoms with van der Waals surface area (Å²) in [4.78, 5) is 24.1. The summed E-state index contributed by atoms with van der Waals surface area (Å²) < 4.78 is 5.13. The molecule has 4 rings (SSSR count). The average molecular weight is 444 g/mol. The first kappa shape index (κ1) is 21.6. The molecule has 0 aromatic heterocycles. The number of rotatable bonds is 6. The second-order valence-electron chi connectivity index (χ2n) is 7.16. The molecule has 0 atom stereocenters. The van der Waals surface area contributed by atoms with Crippen molar-refractivity contribution in [1.82, 2.24) is 0 Å². The molecule has 9 nitrogen and oxygen atoms in total. The molecule has 3 N–H and O–H groups in total. The number of ether oxygens (including phenoxy) is 1. The van der Waals surface area contributed by atoms with Crippen molar-refractivity contribution in [3.05, 3.63) is 72.3 Å². The standard InChI is InChI=1S/C24H20N4O5/c1-14-21(23(30)28(27-14)17-9-11-18(33-2)12-10-17)26-25-20-8-4-7-19(22(20)29)15-5-3-6-16(13-15)24(31)32/h3-13,25,29H,1-2H3,(H,31,32). The number of carbonyl (C=O) groups excluding carboxylic acids is 1. The van der Waals surface area contributed by atoms with E-state index in [9.17, 15) is 19.8 Å². The summed E-state index contributed by atoms with van der Waals surface area (Å²) >= 11 is 0. The van der Waals surface area contributed by atoms with Crippen molar-refractivity contribution in [1.29, 1.82) is 0 Å². The number of hydrogen-bond donors (Lipinski definition) is 3. The molecule has 3 aromatic rings. The molecule has 0 aliphatic carbocycles. The lowest BCUT2D eigenvalue weighted by Gasteiger charge is -2.12. The smallest absolute Gasteiger partial charge is 0.335 e. The molecule has 9 heteroatoms. The van der Waals surface area contributed by atoms with E-state index >= 15 is 0 Å². The number of hydrogen-bond acceptors (Lipinski definition) is 7. The Labute approximate surface area is 189 Å². The Morgan fingerprint density at radius 1 is 1.09 bits per heavy atom. The van der Waals surface area contributed by atoms with Crippen LogP contribution in [-0.2, 0) is 4.79 Å². The number of nitrogens with zero attached hydrogens (tertiary/aromatic N) is 3. The van der Waals surface area contributed by atoms with E-state index < -0.39 is 11.9 Å². The molecule has 0 unspecified atom stereocenters. The maximum absolute atomic E-state index is 12.9. The third-order valence-electron chi connectivity index (χ3n) is 5.05. The molecule has 1 aliphatic rings. The molecule has 0 fully saturated rings. The van der Waals surface area contributed by atoms with Crippen molar-refractivity contribution in [2.45, 2.75) is 6.92 Å². The van der Waals surface area contributed by atoms with Gasteiger partial charge in [-0.2, -0.15) is 15.2 Å². The van der Waals surface area contributed by atoms with Crippen molar-refractivity contribution in [2.24, 2.45) is 10.2 Å². The average Bonchev–Trinajstić information content (AvgIpc) is 3.11. The van der Waals surface area contributed by atoms with E-state index in [2.05, 4.69) is 15.6 Å². The zero-order valence-electron chi connectivity index (χ0n) is 17.8. The van der Waals surface area contributed by atoms with Gasteiger partial charge in [-0.3, -0.25) is 10.2 Å². The van der Waals surface area contributed by atoms with E-state index in [1.54, 1.807) is 68.6 Å². The van der Waals surface area contributed by atoms with Gasteiger partial charge in [0.1, 0.15) is 11.5 Å². The Kier molecular flexibility index (Phi) is 5.77. The minimum absolute atomic E-state index is 0.100. The third kappa shape index (κ3) is 4.24. The summed E-state index contributed by atoms with van der Waals surface area (Å²) in [6, 6.07) is 18.1. The van der Waals surface area contributed by atoms with Gasteiger partial charge < -0.3 is 14.9 Å². The first-order chi connectivity index (χ1) is 15.9. The predicted octanol–water partition coefficient (Wildman–Crippen LogP) is 3.96.